The zero-order valence-corrected chi connectivity index (χ0v) is 20.7. The number of nitrogens with zero attached hydrogens (tertiary/aromatic N) is 1. The molecule has 5 nitrogen and oxygen atoms in total. The molecular weight excluding hydrogens is 402 g/mol. The molecule has 1 fully saturated rings. The van der Waals surface area contributed by atoms with Crippen LogP contribution in [0, 0.1) is 6.92 Å². The fourth-order valence-electron chi connectivity index (χ4n) is 3.05. The third-order valence-electron chi connectivity index (χ3n) is 5.13. The van der Waals surface area contributed by atoms with Crippen molar-refractivity contribution in [1.29, 1.82) is 0 Å². The van der Waals surface area contributed by atoms with E-state index in [1.54, 1.807) is 0 Å². The normalized spacial score (nSPS) is 19.0. The molecule has 3 aromatic rings. The number of carbonyl (C=O) groups excluding carboxylic acids is 1. The van der Waals surface area contributed by atoms with E-state index < -0.39 is 11.7 Å². The lowest BCUT2D eigenvalue weighted by Crippen LogP contribution is -2.21. The lowest BCUT2D eigenvalue weighted by atomic mass is 9.97. The SMILES string of the molecule is CC.CCCC.Cc1ccc(-c2nc3cc(C4(C)OC4C(=O)OC(C)C)ccc3o2)cc1. The van der Waals surface area contributed by atoms with Crippen LogP contribution < -0.4 is 0 Å². The van der Waals surface area contributed by atoms with E-state index in [-0.39, 0.29) is 12.1 Å². The Bertz CT molecular complexity index is 1000. The second-order valence-corrected chi connectivity index (χ2v) is 8.16. The van der Waals surface area contributed by atoms with E-state index in [1.807, 2.05) is 84.0 Å². The van der Waals surface area contributed by atoms with Gasteiger partial charge in [0.1, 0.15) is 11.1 Å². The first-order valence-electron chi connectivity index (χ1n) is 11.6. The highest BCUT2D eigenvalue weighted by Gasteiger charge is 2.59. The van der Waals surface area contributed by atoms with Gasteiger partial charge in [-0.3, -0.25) is 0 Å². The van der Waals surface area contributed by atoms with Gasteiger partial charge >= 0.3 is 5.97 Å². The number of hydrogen-bond donors (Lipinski definition) is 0. The van der Waals surface area contributed by atoms with Crippen molar-refractivity contribution >= 4 is 17.1 Å². The number of hydrogen-bond acceptors (Lipinski definition) is 5. The van der Waals surface area contributed by atoms with Crippen molar-refractivity contribution in [3.8, 4) is 11.5 Å². The van der Waals surface area contributed by atoms with Crippen molar-refractivity contribution in [2.24, 2.45) is 0 Å². The molecule has 2 unspecified atom stereocenters. The molecule has 0 spiro atoms. The van der Waals surface area contributed by atoms with Crippen LogP contribution in [0.2, 0.25) is 0 Å². The second-order valence-electron chi connectivity index (χ2n) is 8.16. The van der Waals surface area contributed by atoms with E-state index in [9.17, 15) is 4.79 Å². The van der Waals surface area contributed by atoms with Crippen LogP contribution in [0.15, 0.2) is 46.9 Å². The maximum Gasteiger partial charge on any atom is 0.338 e. The van der Waals surface area contributed by atoms with Gasteiger partial charge in [-0.2, -0.15) is 0 Å². The molecule has 4 rings (SSSR count). The molecular formula is C27H37NO4. The number of benzene rings is 2. The van der Waals surface area contributed by atoms with E-state index >= 15 is 0 Å². The molecule has 2 atom stereocenters. The number of aryl methyl sites for hydroxylation is 1. The molecule has 0 bridgehead atoms. The van der Waals surface area contributed by atoms with Gasteiger partial charge in [0.2, 0.25) is 5.89 Å². The molecule has 0 saturated carbocycles. The van der Waals surface area contributed by atoms with Crippen molar-refractivity contribution in [3.63, 3.8) is 0 Å². The van der Waals surface area contributed by atoms with Gasteiger partial charge in [0.25, 0.3) is 0 Å². The van der Waals surface area contributed by atoms with Gasteiger partial charge < -0.3 is 13.9 Å². The number of epoxide rings is 1. The maximum absolute atomic E-state index is 12.1. The Labute approximate surface area is 192 Å². The average Bonchev–Trinajstić information content (AvgIpc) is 3.31. The van der Waals surface area contributed by atoms with Gasteiger partial charge in [0, 0.05) is 5.56 Å². The molecule has 0 amide bonds. The fraction of sp³-hybridized carbons (Fsp3) is 0.481. The van der Waals surface area contributed by atoms with Crippen molar-refractivity contribution in [3.05, 3.63) is 53.6 Å². The smallest absolute Gasteiger partial charge is 0.338 e. The number of esters is 1. The highest BCUT2D eigenvalue weighted by atomic mass is 16.7. The summed E-state index contributed by atoms with van der Waals surface area (Å²) >= 11 is 0. The van der Waals surface area contributed by atoms with E-state index in [0.29, 0.717) is 11.5 Å². The standard InChI is InChI=1S/C21H21NO4.C4H10.C2H6/c1-12(2)24-20(23)18-21(4,26-18)15-9-10-17-16(11-15)22-19(25-17)14-7-5-13(3)6-8-14;1-3-4-2;1-2/h5-12,18H,1-4H3;3-4H2,1-2H3;1-2H3. The summed E-state index contributed by atoms with van der Waals surface area (Å²) in [6.45, 7) is 15.9. The van der Waals surface area contributed by atoms with Crippen LogP contribution in [0.4, 0.5) is 0 Å². The molecule has 1 aromatic heterocycles. The molecule has 5 heteroatoms. The second kappa shape index (κ2) is 11.3. The zero-order valence-electron chi connectivity index (χ0n) is 20.7. The first kappa shape index (κ1) is 25.6. The van der Waals surface area contributed by atoms with Crippen LogP contribution in [0.1, 0.15) is 72.4 Å². The molecule has 1 aliphatic rings. The minimum absolute atomic E-state index is 0.161. The Kier molecular flexibility index (Phi) is 9.02. The summed E-state index contributed by atoms with van der Waals surface area (Å²) in [5, 5.41) is 0. The first-order valence-corrected chi connectivity index (χ1v) is 11.6. The van der Waals surface area contributed by atoms with E-state index in [0.717, 1.165) is 16.6 Å². The first-order chi connectivity index (χ1) is 15.3. The number of aromatic nitrogens is 1. The van der Waals surface area contributed by atoms with Crippen molar-refractivity contribution in [1.82, 2.24) is 4.98 Å². The molecule has 0 aliphatic carbocycles. The Hall–Kier alpha value is -2.66. The van der Waals surface area contributed by atoms with E-state index in [2.05, 4.69) is 18.8 Å². The molecule has 2 aromatic carbocycles. The lowest BCUT2D eigenvalue weighted by Gasteiger charge is -2.08. The fourth-order valence-corrected chi connectivity index (χ4v) is 3.05. The Morgan fingerprint density at radius 2 is 1.72 bits per heavy atom. The predicted octanol–water partition coefficient (Wildman–Crippen LogP) is 7.20. The van der Waals surface area contributed by atoms with E-state index in [1.165, 1.54) is 18.4 Å². The van der Waals surface area contributed by atoms with Gasteiger partial charge in [-0.15, -0.1) is 0 Å². The number of ether oxygens (including phenoxy) is 2. The summed E-state index contributed by atoms with van der Waals surface area (Å²) < 4.78 is 16.8. The summed E-state index contributed by atoms with van der Waals surface area (Å²) in [4.78, 5) is 16.7. The van der Waals surface area contributed by atoms with Crippen molar-refractivity contribution in [2.45, 2.75) is 86.0 Å². The van der Waals surface area contributed by atoms with Crippen LogP contribution in [0.5, 0.6) is 0 Å². The largest absolute Gasteiger partial charge is 0.461 e. The Morgan fingerprint density at radius 3 is 2.28 bits per heavy atom. The van der Waals surface area contributed by atoms with Crippen LogP contribution in [-0.4, -0.2) is 23.2 Å². The molecule has 0 N–H and O–H groups in total. The topological polar surface area (TPSA) is 64.9 Å². The molecule has 1 saturated heterocycles. The summed E-state index contributed by atoms with van der Waals surface area (Å²) in [5.74, 6) is 0.248. The summed E-state index contributed by atoms with van der Waals surface area (Å²) in [6.07, 6.45) is 1.90. The van der Waals surface area contributed by atoms with Gasteiger partial charge in [-0.1, -0.05) is 64.3 Å². The molecule has 0 radical (unpaired) electrons. The monoisotopic (exact) mass is 439 g/mol. The minimum Gasteiger partial charge on any atom is -0.461 e. The number of rotatable bonds is 5. The van der Waals surface area contributed by atoms with Crippen molar-refractivity contribution < 1.29 is 18.7 Å². The van der Waals surface area contributed by atoms with Gasteiger partial charge in [-0.25, -0.2) is 9.78 Å². The van der Waals surface area contributed by atoms with Crippen LogP contribution >= 0.6 is 0 Å². The highest BCUT2D eigenvalue weighted by Crippen LogP contribution is 2.47. The third kappa shape index (κ3) is 5.98. The van der Waals surface area contributed by atoms with E-state index in [4.69, 9.17) is 13.9 Å². The quantitative estimate of drug-likeness (QED) is 0.311. The summed E-state index contributed by atoms with van der Waals surface area (Å²) in [7, 11) is 0. The third-order valence-corrected chi connectivity index (χ3v) is 5.13. The molecule has 32 heavy (non-hydrogen) atoms. The molecule has 2 heterocycles. The summed E-state index contributed by atoms with van der Waals surface area (Å²) in [5.41, 5.74) is 3.77. The van der Waals surface area contributed by atoms with Gasteiger partial charge in [0.15, 0.2) is 11.7 Å². The Balaban J connectivity index is 0.000000547. The highest BCUT2D eigenvalue weighted by molar-refractivity contribution is 5.82. The number of fused-ring (bicyclic) bond motifs is 1. The molecule has 174 valence electrons. The lowest BCUT2D eigenvalue weighted by molar-refractivity contribution is -0.148. The maximum atomic E-state index is 12.1. The van der Waals surface area contributed by atoms with Crippen LogP contribution in [-0.2, 0) is 19.9 Å². The number of unbranched alkanes of at least 4 members (excludes halogenated alkanes) is 1. The molecule has 1 aliphatic heterocycles. The van der Waals surface area contributed by atoms with Crippen molar-refractivity contribution in [2.75, 3.05) is 0 Å². The zero-order chi connectivity index (χ0) is 23.9. The van der Waals surface area contributed by atoms with Gasteiger partial charge in [-0.05, 0) is 57.5 Å². The average molecular weight is 440 g/mol. The predicted molar refractivity (Wildman–Crippen MR) is 130 cm³/mol. The van der Waals surface area contributed by atoms with Crippen LogP contribution in [0.3, 0.4) is 0 Å². The van der Waals surface area contributed by atoms with Crippen LogP contribution in [0.25, 0.3) is 22.6 Å². The Morgan fingerprint density at radius 1 is 1.09 bits per heavy atom. The number of carbonyl (C=O) groups is 1. The summed E-state index contributed by atoms with van der Waals surface area (Å²) in [6, 6.07) is 13.7. The number of oxazole rings is 1. The minimum atomic E-state index is -0.677. The van der Waals surface area contributed by atoms with Gasteiger partial charge in [0.05, 0.1) is 6.10 Å².